The van der Waals surface area contributed by atoms with Crippen LogP contribution in [0.25, 0.3) is 0 Å². The van der Waals surface area contributed by atoms with Gasteiger partial charge in [-0.25, -0.2) is 0 Å². The van der Waals surface area contributed by atoms with Gasteiger partial charge in [-0.2, -0.15) is 0 Å². The molecule has 0 aliphatic heterocycles. The minimum atomic E-state index is -0.435. The number of hydrogen-bond donors (Lipinski definition) is 2. The molecule has 0 radical (unpaired) electrons. The fourth-order valence-corrected chi connectivity index (χ4v) is 2.20. The Morgan fingerprint density at radius 1 is 1.25 bits per heavy atom. The predicted molar refractivity (Wildman–Crippen MR) is 81.8 cm³/mol. The normalized spacial score (nSPS) is 11.9. The molecule has 0 aliphatic rings. The van der Waals surface area contributed by atoms with Gasteiger partial charge < -0.3 is 10.4 Å². The number of phenols is 1. The molecule has 104 valence electrons. The number of alkyl halides is 1. The fourth-order valence-electron chi connectivity index (χ4n) is 1.84. The Morgan fingerprint density at radius 3 is 2.65 bits per heavy atom. The number of carbonyl (C=O) groups excluding carboxylic acids is 1. The second-order valence-electron chi connectivity index (χ2n) is 4.32. The molecule has 2 aromatic carbocycles. The Balaban J connectivity index is 2.31. The van der Waals surface area contributed by atoms with Crippen molar-refractivity contribution < 1.29 is 9.90 Å². The highest BCUT2D eigenvalue weighted by atomic mass is 35.5. The van der Waals surface area contributed by atoms with Crippen LogP contribution in [0.4, 0.5) is 5.69 Å². The van der Waals surface area contributed by atoms with E-state index in [-0.39, 0.29) is 16.7 Å². The van der Waals surface area contributed by atoms with Crippen LogP contribution < -0.4 is 5.32 Å². The van der Waals surface area contributed by atoms with Crippen LogP contribution in [0.3, 0.4) is 0 Å². The topological polar surface area (TPSA) is 49.3 Å². The summed E-state index contributed by atoms with van der Waals surface area (Å²) in [5.41, 5.74) is 1.54. The first-order valence-electron chi connectivity index (χ1n) is 6.02. The quantitative estimate of drug-likeness (QED) is 0.814. The fraction of sp³-hybridized carbons (Fsp3) is 0.133. The molecule has 2 aromatic rings. The number of halogens is 2. The summed E-state index contributed by atoms with van der Waals surface area (Å²) in [7, 11) is 0. The zero-order valence-electron chi connectivity index (χ0n) is 10.7. The average Bonchev–Trinajstić information content (AvgIpc) is 2.41. The van der Waals surface area contributed by atoms with Gasteiger partial charge in [0.25, 0.3) is 5.91 Å². The summed E-state index contributed by atoms with van der Waals surface area (Å²) in [6.07, 6.45) is 0. The lowest BCUT2D eigenvalue weighted by atomic mass is 10.1. The molecule has 20 heavy (non-hydrogen) atoms. The van der Waals surface area contributed by atoms with Crippen LogP contribution in [0.2, 0.25) is 5.02 Å². The maximum atomic E-state index is 12.2. The van der Waals surface area contributed by atoms with E-state index in [0.29, 0.717) is 10.7 Å². The van der Waals surface area contributed by atoms with Crippen LogP contribution in [-0.2, 0) is 0 Å². The molecule has 0 bridgehead atoms. The van der Waals surface area contributed by atoms with E-state index in [4.69, 9.17) is 23.2 Å². The van der Waals surface area contributed by atoms with Gasteiger partial charge in [-0.1, -0.05) is 29.8 Å². The molecular weight excluding hydrogens is 297 g/mol. The van der Waals surface area contributed by atoms with Crippen LogP contribution in [-0.4, -0.2) is 11.0 Å². The van der Waals surface area contributed by atoms with E-state index in [1.54, 1.807) is 12.1 Å². The second kappa shape index (κ2) is 6.16. The summed E-state index contributed by atoms with van der Waals surface area (Å²) < 4.78 is 0. The highest BCUT2D eigenvalue weighted by Gasteiger charge is 2.15. The van der Waals surface area contributed by atoms with Crippen molar-refractivity contribution in [1.82, 2.24) is 0 Å². The lowest BCUT2D eigenvalue weighted by Gasteiger charge is -2.13. The van der Waals surface area contributed by atoms with E-state index in [1.807, 2.05) is 19.1 Å². The molecule has 1 unspecified atom stereocenters. The first-order valence-corrected chi connectivity index (χ1v) is 6.83. The van der Waals surface area contributed by atoms with Gasteiger partial charge >= 0.3 is 0 Å². The number of carbonyl (C=O) groups is 1. The lowest BCUT2D eigenvalue weighted by Crippen LogP contribution is -2.13. The Morgan fingerprint density at radius 2 is 1.95 bits per heavy atom. The SMILES string of the molecule is CC(Cl)c1ccccc1NC(=O)c1cc(Cl)ccc1O. The van der Waals surface area contributed by atoms with Gasteiger partial charge in [0.15, 0.2) is 0 Å². The van der Waals surface area contributed by atoms with E-state index >= 15 is 0 Å². The van der Waals surface area contributed by atoms with Gasteiger partial charge in [0, 0.05) is 10.7 Å². The summed E-state index contributed by atoms with van der Waals surface area (Å²) in [6, 6.07) is 11.6. The van der Waals surface area contributed by atoms with Crippen LogP contribution in [0.5, 0.6) is 5.75 Å². The molecule has 0 saturated heterocycles. The molecule has 0 fully saturated rings. The molecule has 1 amide bonds. The summed E-state index contributed by atoms with van der Waals surface area (Å²) in [5.74, 6) is -0.557. The van der Waals surface area contributed by atoms with Crippen LogP contribution >= 0.6 is 23.2 Å². The van der Waals surface area contributed by atoms with Crippen molar-refractivity contribution in [2.45, 2.75) is 12.3 Å². The van der Waals surface area contributed by atoms with Crippen LogP contribution in [0, 0.1) is 0 Å². The standard InChI is InChI=1S/C15H13Cl2NO2/c1-9(16)11-4-2-3-5-13(11)18-15(20)12-8-10(17)6-7-14(12)19/h2-9,19H,1H3,(H,18,20). The maximum Gasteiger partial charge on any atom is 0.259 e. The van der Waals surface area contributed by atoms with E-state index in [9.17, 15) is 9.90 Å². The molecule has 0 heterocycles. The van der Waals surface area contributed by atoms with E-state index < -0.39 is 5.91 Å². The highest BCUT2D eigenvalue weighted by molar-refractivity contribution is 6.31. The van der Waals surface area contributed by atoms with E-state index in [0.717, 1.165) is 5.56 Å². The molecular formula is C15H13Cl2NO2. The van der Waals surface area contributed by atoms with Crippen molar-refractivity contribution in [2.24, 2.45) is 0 Å². The number of phenolic OH excluding ortho intramolecular Hbond substituents is 1. The van der Waals surface area contributed by atoms with Crippen LogP contribution in [0.15, 0.2) is 42.5 Å². The number of nitrogens with one attached hydrogen (secondary N) is 1. The van der Waals surface area contributed by atoms with Crippen molar-refractivity contribution in [3.63, 3.8) is 0 Å². The molecule has 2 rings (SSSR count). The number of hydrogen-bond acceptors (Lipinski definition) is 2. The number of para-hydroxylation sites is 1. The molecule has 0 aliphatic carbocycles. The van der Waals surface area contributed by atoms with Gasteiger partial charge in [-0.15, -0.1) is 11.6 Å². The van der Waals surface area contributed by atoms with Gasteiger partial charge in [-0.05, 0) is 36.8 Å². The molecule has 1 atom stereocenters. The Kier molecular flexibility index (Phi) is 4.53. The number of benzene rings is 2. The van der Waals surface area contributed by atoms with Gasteiger partial charge in [0.2, 0.25) is 0 Å². The van der Waals surface area contributed by atoms with Crippen molar-refractivity contribution in [1.29, 1.82) is 0 Å². The third-order valence-corrected chi connectivity index (χ3v) is 3.31. The van der Waals surface area contributed by atoms with Crippen molar-refractivity contribution >= 4 is 34.8 Å². The maximum absolute atomic E-state index is 12.2. The van der Waals surface area contributed by atoms with Crippen LogP contribution in [0.1, 0.15) is 28.2 Å². The summed E-state index contributed by atoms with van der Waals surface area (Å²) >= 11 is 11.9. The number of anilines is 1. The zero-order chi connectivity index (χ0) is 14.7. The molecule has 3 nitrogen and oxygen atoms in total. The minimum absolute atomic E-state index is 0.120. The smallest absolute Gasteiger partial charge is 0.259 e. The zero-order valence-corrected chi connectivity index (χ0v) is 12.2. The first-order chi connectivity index (χ1) is 9.49. The second-order valence-corrected chi connectivity index (χ2v) is 5.41. The largest absolute Gasteiger partial charge is 0.507 e. The van der Waals surface area contributed by atoms with Crippen molar-refractivity contribution in [2.75, 3.05) is 5.32 Å². The third-order valence-electron chi connectivity index (χ3n) is 2.84. The summed E-state index contributed by atoms with van der Waals surface area (Å²) in [6.45, 7) is 1.82. The predicted octanol–water partition coefficient (Wildman–Crippen LogP) is 4.60. The van der Waals surface area contributed by atoms with Gasteiger partial charge in [-0.3, -0.25) is 4.79 Å². The Hall–Kier alpha value is -1.71. The highest BCUT2D eigenvalue weighted by Crippen LogP contribution is 2.28. The van der Waals surface area contributed by atoms with Crippen molar-refractivity contribution in [3.05, 3.63) is 58.6 Å². The van der Waals surface area contributed by atoms with Crippen molar-refractivity contribution in [3.8, 4) is 5.75 Å². The Bertz CT molecular complexity index is 642. The average molecular weight is 310 g/mol. The molecule has 0 aromatic heterocycles. The third kappa shape index (κ3) is 3.24. The van der Waals surface area contributed by atoms with E-state index in [1.165, 1.54) is 18.2 Å². The number of aromatic hydroxyl groups is 1. The number of amides is 1. The summed E-state index contributed by atoms with van der Waals surface area (Å²) in [5, 5.41) is 12.6. The summed E-state index contributed by atoms with van der Waals surface area (Å²) in [4.78, 5) is 12.2. The first kappa shape index (κ1) is 14.7. The monoisotopic (exact) mass is 309 g/mol. The minimum Gasteiger partial charge on any atom is -0.507 e. The number of rotatable bonds is 3. The van der Waals surface area contributed by atoms with Gasteiger partial charge in [0.05, 0.1) is 10.9 Å². The molecule has 2 N–H and O–H groups in total. The lowest BCUT2D eigenvalue weighted by molar-refractivity contribution is 0.102. The van der Waals surface area contributed by atoms with E-state index in [2.05, 4.69) is 5.32 Å². The molecule has 5 heteroatoms. The van der Waals surface area contributed by atoms with Gasteiger partial charge in [0.1, 0.15) is 5.75 Å². The Labute approximate surface area is 127 Å². The molecule has 0 spiro atoms. The molecule has 0 saturated carbocycles.